The highest BCUT2D eigenvalue weighted by Gasteiger charge is 2.25. The molecule has 0 atom stereocenters. The maximum atomic E-state index is 12.3. The van der Waals surface area contributed by atoms with Crippen LogP contribution >= 0.6 is 11.6 Å². The molecule has 3 N–H and O–H groups in total. The maximum Gasteiger partial charge on any atom is 0.355 e. The van der Waals surface area contributed by atoms with Gasteiger partial charge in [-0.3, -0.25) is 25.8 Å². The summed E-state index contributed by atoms with van der Waals surface area (Å²) < 4.78 is 10.4. The second kappa shape index (κ2) is 9.59. The lowest BCUT2D eigenvalue weighted by molar-refractivity contribution is -0.383. The van der Waals surface area contributed by atoms with Crippen LogP contribution < -0.4 is 25.6 Å². The predicted molar refractivity (Wildman–Crippen MR) is 114 cm³/mol. The number of aromatic nitrogens is 2. The molecule has 0 aliphatic heterocycles. The van der Waals surface area contributed by atoms with Crippen LogP contribution in [0.4, 0.5) is 23.0 Å². The first-order chi connectivity index (χ1) is 14.9. The molecule has 3 aromatic rings. The number of anilines is 3. The van der Waals surface area contributed by atoms with Crippen LogP contribution in [0.15, 0.2) is 48.8 Å². The molecule has 11 nitrogen and oxygen atoms in total. The van der Waals surface area contributed by atoms with Gasteiger partial charge in [0.2, 0.25) is 11.6 Å². The van der Waals surface area contributed by atoms with Crippen molar-refractivity contribution >= 4 is 40.5 Å². The molecule has 2 aromatic carbocycles. The number of methoxy groups -OCH3 is 2. The molecular weight excluding hydrogens is 428 g/mol. The van der Waals surface area contributed by atoms with Gasteiger partial charge in [0.15, 0.2) is 0 Å². The molecule has 1 heterocycles. The number of ether oxygens (including phenoxy) is 2. The number of hydrazine groups is 1. The summed E-state index contributed by atoms with van der Waals surface area (Å²) in [5.41, 5.74) is 4.87. The molecule has 0 fully saturated rings. The van der Waals surface area contributed by atoms with Crippen molar-refractivity contribution in [3.8, 4) is 11.5 Å². The van der Waals surface area contributed by atoms with Gasteiger partial charge in [0.1, 0.15) is 17.8 Å². The summed E-state index contributed by atoms with van der Waals surface area (Å²) in [5.74, 6) is -0.0334. The largest absolute Gasteiger partial charge is 0.497 e. The average molecular weight is 445 g/mol. The zero-order chi connectivity index (χ0) is 22.4. The number of hydrogen-bond donors (Lipinski definition) is 3. The smallest absolute Gasteiger partial charge is 0.355 e. The number of amides is 1. The standard InChI is InChI=1S/C19H17ClN6O5/c1-30-11-7-8-15(31-2)14(9-11)23-17-16(26(28)29)18(22-10-21-17)24-25-19(27)12-5-3-4-6-13(12)20/h3-10H,1-2H3,(H,25,27)(H2,21,22,23,24). The fourth-order valence-electron chi connectivity index (χ4n) is 2.60. The Hall–Kier alpha value is -4.12. The second-order valence-corrected chi connectivity index (χ2v) is 6.33. The summed E-state index contributed by atoms with van der Waals surface area (Å²) in [6.07, 6.45) is 1.10. The Labute approximate surface area is 181 Å². The molecule has 0 radical (unpaired) electrons. The van der Waals surface area contributed by atoms with Gasteiger partial charge in [-0.05, 0) is 24.3 Å². The minimum atomic E-state index is -0.682. The van der Waals surface area contributed by atoms with Crippen LogP contribution in [0.3, 0.4) is 0 Å². The first-order valence-corrected chi connectivity index (χ1v) is 9.11. The zero-order valence-corrected chi connectivity index (χ0v) is 17.1. The number of carbonyl (C=O) groups is 1. The van der Waals surface area contributed by atoms with Crippen LogP contribution in [0, 0.1) is 10.1 Å². The number of benzene rings is 2. The molecule has 0 saturated carbocycles. The van der Waals surface area contributed by atoms with Crippen LogP contribution in [0.25, 0.3) is 0 Å². The van der Waals surface area contributed by atoms with Crippen molar-refractivity contribution in [1.29, 1.82) is 0 Å². The van der Waals surface area contributed by atoms with E-state index >= 15 is 0 Å². The molecule has 1 aromatic heterocycles. The van der Waals surface area contributed by atoms with Crippen LogP contribution in [-0.4, -0.2) is 35.0 Å². The van der Waals surface area contributed by atoms with E-state index in [1.807, 2.05) is 0 Å². The third-order valence-electron chi connectivity index (χ3n) is 4.08. The van der Waals surface area contributed by atoms with Crippen molar-refractivity contribution in [3.05, 3.63) is 69.5 Å². The fourth-order valence-corrected chi connectivity index (χ4v) is 2.82. The van der Waals surface area contributed by atoms with E-state index < -0.39 is 16.5 Å². The quantitative estimate of drug-likeness (QED) is 0.351. The monoisotopic (exact) mass is 444 g/mol. The third-order valence-corrected chi connectivity index (χ3v) is 4.41. The Morgan fingerprint density at radius 1 is 1.10 bits per heavy atom. The van der Waals surface area contributed by atoms with Gasteiger partial charge in [-0.2, -0.15) is 0 Å². The highest BCUT2D eigenvalue weighted by molar-refractivity contribution is 6.33. The van der Waals surface area contributed by atoms with E-state index in [4.69, 9.17) is 21.1 Å². The lowest BCUT2D eigenvalue weighted by Gasteiger charge is -2.14. The van der Waals surface area contributed by atoms with E-state index in [0.717, 1.165) is 6.33 Å². The molecule has 0 spiro atoms. The normalized spacial score (nSPS) is 10.2. The number of carbonyl (C=O) groups excluding carboxylic acids is 1. The van der Waals surface area contributed by atoms with E-state index in [1.54, 1.807) is 36.4 Å². The zero-order valence-electron chi connectivity index (χ0n) is 16.4. The SMILES string of the molecule is COc1ccc(OC)c(Nc2ncnc(NNC(=O)c3ccccc3Cl)c2[N+](=O)[O-])c1. The molecule has 12 heteroatoms. The van der Waals surface area contributed by atoms with E-state index in [-0.39, 0.29) is 22.2 Å². The summed E-state index contributed by atoms with van der Waals surface area (Å²) in [7, 11) is 2.95. The highest BCUT2D eigenvalue weighted by atomic mass is 35.5. The summed E-state index contributed by atoms with van der Waals surface area (Å²) in [6, 6.07) is 11.3. The minimum absolute atomic E-state index is 0.124. The number of nitrogens with zero attached hydrogens (tertiary/aromatic N) is 3. The molecule has 0 bridgehead atoms. The molecule has 0 saturated heterocycles. The summed E-state index contributed by atoms with van der Waals surface area (Å²) in [6.45, 7) is 0. The van der Waals surface area contributed by atoms with Gasteiger partial charge in [0, 0.05) is 6.07 Å². The molecule has 0 aliphatic carbocycles. The van der Waals surface area contributed by atoms with Gasteiger partial charge in [-0.1, -0.05) is 23.7 Å². The van der Waals surface area contributed by atoms with E-state index in [2.05, 4.69) is 26.1 Å². The van der Waals surface area contributed by atoms with Gasteiger partial charge in [0.05, 0.1) is 35.4 Å². The van der Waals surface area contributed by atoms with Crippen LogP contribution in [-0.2, 0) is 0 Å². The maximum absolute atomic E-state index is 12.3. The van der Waals surface area contributed by atoms with Crippen molar-refractivity contribution in [2.75, 3.05) is 25.0 Å². The van der Waals surface area contributed by atoms with Gasteiger partial charge >= 0.3 is 5.69 Å². The number of nitrogens with one attached hydrogen (secondary N) is 3. The topological polar surface area (TPSA) is 141 Å². The number of rotatable bonds is 8. The van der Waals surface area contributed by atoms with Crippen molar-refractivity contribution in [2.24, 2.45) is 0 Å². The summed E-state index contributed by atoms with van der Waals surface area (Å²) >= 11 is 6.00. The molecule has 0 unspecified atom stereocenters. The van der Waals surface area contributed by atoms with E-state index in [1.165, 1.54) is 20.3 Å². The Balaban J connectivity index is 1.89. The van der Waals surface area contributed by atoms with Gasteiger partial charge in [0.25, 0.3) is 5.91 Å². The first-order valence-electron chi connectivity index (χ1n) is 8.74. The van der Waals surface area contributed by atoms with Crippen molar-refractivity contribution < 1.29 is 19.2 Å². The second-order valence-electron chi connectivity index (χ2n) is 5.93. The Bertz CT molecular complexity index is 1130. The molecule has 160 valence electrons. The highest BCUT2D eigenvalue weighted by Crippen LogP contribution is 2.35. The summed E-state index contributed by atoms with van der Waals surface area (Å²) in [4.78, 5) is 31.2. The summed E-state index contributed by atoms with van der Waals surface area (Å²) in [5, 5.41) is 14.8. The molecule has 31 heavy (non-hydrogen) atoms. The van der Waals surface area contributed by atoms with Gasteiger partial charge in [-0.15, -0.1) is 0 Å². The van der Waals surface area contributed by atoms with Crippen LogP contribution in [0.5, 0.6) is 11.5 Å². The Morgan fingerprint density at radius 3 is 2.52 bits per heavy atom. The average Bonchev–Trinajstić information content (AvgIpc) is 2.77. The lowest BCUT2D eigenvalue weighted by atomic mass is 10.2. The Kier molecular flexibility index (Phi) is 6.67. The Morgan fingerprint density at radius 2 is 1.84 bits per heavy atom. The van der Waals surface area contributed by atoms with Gasteiger partial charge in [-0.25, -0.2) is 9.97 Å². The lowest BCUT2D eigenvalue weighted by Crippen LogP contribution is -2.30. The van der Waals surface area contributed by atoms with Crippen LogP contribution in [0.1, 0.15) is 10.4 Å². The van der Waals surface area contributed by atoms with E-state index in [0.29, 0.717) is 17.2 Å². The third kappa shape index (κ3) is 4.90. The van der Waals surface area contributed by atoms with Crippen molar-refractivity contribution in [1.82, 2.24) is 15.4 Å². The molecule has 1 amide bonds. The predicted octanol–water partition coefficient (Wildman–Crippen LogP) is 3.56. The van der Waals surface area contributed by atoms with Gasteiger partial charge < -0.3 is 14.8 Å². The van der Waals surface area contributed by atoms with Crippen molar-refractivity contribution in [2.45, 2.75) is 0 Å². The van der Waals surface area contributed by atoms with E-state index in [9.17, 15) is 14.9 Å². The molecule has 0 aliphatic rings. The number of nitro groups is 1. The minimum Gasteiger partial charge on any atom is -0.497 e. The number of halogens is 1. The number of hydrogen-bond acceptors (Lipinski definition) is 9. The fraction of sp³-hybridized carbons (Fsp3) is 0.105. The van der Waals surface area contributed by atoms with Crippen LogP contribution in [0.2, 0.25) is 5.02 Å². The first kappa shape index (κ1) is 21.6. The molecule has 3 rings (SSSR count). The molecular formula is C19H17ClN6O5. The van der Waals surface area contributed by atoms with Crippen molar-refractivity contribution in [3.63, 3.8) is 0 Å².